The molecule has 0 aromatic heterocycles. The number of fused-ring (bicyclic) bond motifs is 2. The van der Waals surface area contributed by atoms with Gasteiger partial charge < -0.3 is 14.2 Å². The average Bonchev–Trinajstić information content (AvgIpc) is 3.12. The van der Waals surface area contributed by atoms with Gasteiger partial charge in [-0.25, -0.2) is 4.79 Å². The van der Waals surface area contributed by atoms with E-state index in [1.807, 2.05) is 25.7 Å². The molecule has 0 aromatic rings. The number of piperidine rings is 1. The van der Waals surface area contributed by atoms with E-state index < -0.39 is 5.60 Å². The topological polar surface area (TPSA) is 48.0 Å². The molecule has 176 valence electrons. The number of amides is 1. The fraction of sp³-hybridized carbons (Fsp3) is 0.885. The van der Waals surface area contributed by atoms with E-state index >= 15 is 0 Å². The predicted octanol–water partition coefficient (Wildman–Crippen LogP) is 5.78. The van der Waals surface area contributed by atoms with Crippen LogP contribution in [0.4, 0.5) is 4.79 Å². The van der Waals surface area contributed by atoms with Crippen LogP contribution in [0.5, 0.6) is 0 Å². The summed E-state index contributed by atoms with van der Waals surface area (Å²) in [5, 5.41) is 0. The number of allylic oxidation sites excluding steroid dienone is 1. The number of carbonyl (C=O) groups excluding carboxylic acids is 1. The first-order chi connectivity index (χ1) is 14.8. The van der Waals surface area contributed by atoms with Crippen molar-refractivity contribution < 1.29 is 19.0 Å². The van der Waals surface area contributed by atoms with Crippen molar-refractivity contribution in [3.8, 4) is 0 Å². The molecule has 0 aromatic carbocycles. The fourth-order valence-corrected chi connectivity index (χ4v) is 6.87. The molecule has 6 unspecified atom stereocenters. The molecule has 31 heavy (non-hydrogen) atoms. The molecule has 2 heterocycles. The number of methoxy groups -OCH3 is 1. The minimum atomic E-state index is -0.467. The van der Waals surface area contributed by atoms with E-state index in [9.17, 15) is 4.79 Å². The summed E-state index contributed by atoms with van der Waals surface area (Å²) in [6.07, 6.45) is 14.5. The molecular weight excluding hydrogens is 390 g/mol. The molecule has 2 aliphatic carbocycles. The third-order valence-electron chi connectivity index (χ3n) is 8.23. The molecule has 4 aliphatic rings. The molecule has 4 rings (SSSR count). The van der Waals surface area contributed by atoms with Crippen LogP contribution in [0, 0.1) is 29.6 Å². The quantitative estimate of drug-likeness (QED) is 0.529. The van der Waals surface area contributed by atoms with Gasteiger partial charge in [0.2, 0.25) is 0 Å². The third kappa shape index (κ3) is 4.98. The molecule has 0 bridgehead atoms. The largest absolute Gasteiger partial charge is 0.444 e. The van der Waals surface area contributed by atoms with Gasteiger partial charge in [0, 0.05) is 19.1 Å². The summed E-state index contributed by atoms with van der Waals surface area (Å²) in [6, 6.07) is 0.342. The van der Waals surface area contributed by atoms with E-state index in [1.165, 1.54) is 32.1 Å². The van der Waals surface area contributed by atoms with E-state index in [1.54, 1.807) is 7.11 Å². The number of ether oxygens (including phenoxy) is 3. The molecule has 2 saturated heterocycles. The molecule has 5 nitrogen and oxygen atoms in total. The van der Waals surface area contributed by atoms with Crippen LogP contribution in [-0.2, 0) is 14.2 Å². The zero-order valence-electron chi connectivity index (χ0n) is 20.2. The molecule has 0 N–H and O–H groups in total. The maximum Gasteiger partial charge on any atom is 0.411 e. The number of carbonyl (C=O) groups is 1. The Morgan fingerprint density at radius 3 is 2.52 bits per heavy atom. The summed E-state index contributed by atoms with van der Waals surface area (Å²) in [5.74, 6) is 3.11. The van der Waals surface area contributed by atoms with Gasteiger partial charge in [0.1, 0.15) is 5.60 Å². The van der Waals surface area contributed by atoms with Crippen molar-refractivity contribution in [2.45, 2.75) is 103 Å². The van der Waals surface area contributed by atoms with Crippen LogP contribution >= 0.6 is 0 Å². The van der Waals surface area contributed by atoms with Gasteiger partial charge >= 0.3 is 6.09 Å². The monoisotopic (exact) mass is 433 g/mol. The van der Waals surface area contributed by atoms with Crippen molar-refractivity contribution in [1.82, 2.24) is 4.90 Å². The summed E-state index contributed by atoms with van der Waals surface area (Å²) in [5.41, 5.74) is -0.467. The lowest BCUT2D eigenvalue weighted by Crippen LogP contribution is -2.50. The van der Waals surface area contributed by atoms with Gasteiger partial charge in [0.05, 0.1) is 12.6 Å². The number of nitrogens with zero attached hydrogens (tertiary/aromatic N) is 1. The Hall–Kier alpha value is -1.07. The Morgan fingerprint density at radius 1 is 1.00 bits per heavy atom. The molecule has 2 saturated carbocycles. The second kappa shape index (κ2) is 9.43. The minimum Gasteiger partial charge on any atom is -0.444 e. The lowest BCUT2D eigenvalue weighted by molar-refractivity contribution is -0.118. The highest BCUT2D eigenvalue weighted by atomic mass is 16.7. The van der Waals surface area contributed by atoms with Crippen molar-refractivity contribution in [3.05, 3.63) is 12.2 Å². The van der Waals surface area contributed by atoms with Crippen LogP contribution in [0.25, 0.3) is 0 Å². The summed E-state index contributed by atoms with van der Waals surface area (Å²) in [4.78, 5) is 15.0. The molecule has 0 radical (unpaired) electrons. The summed E-state index contributed by atoms with van der Waals surface area (Å²) in [6.45, 7) is 8.80. The maximum atomic E-state index is 13.0. The lowest BCUT2D eigenvalue weighted by atomic mass is 9.58. The van der Waals surface area contributed by atoms with Crippen LogP contribution in [-0.4, -0.2) is 48.7 Å². The number of hydrogen-bond acceptors (Lipinski definition) is 4. The number of hydrogen-bond donors (Lipinski definition) is 0. The zero-order valence-corrected chi connectivity index (χ0v) is 20.2. The minimum absolute atomic E-state index is 0.0447. The van der Waals surface area contributed by atoms with E-state index in [2.05, 4.69) is 19.1 Å². The Bertz CT molecular complexity index is 656. The average molecular weight is 434 g/mol. The van der Waals surface area contributed by atoms with Gasteiger partial charge in [-0.15, -0.1) is 0 Å². The van der Waals surface area contributed by atoms with Crippen LogP contribution in [0.3, 0.4) is 0 Å². The second-order valence-corrected chi connectivity index (χ2v) is 11.4. The van der Waals surface area contributed by atoms with E-state index in [0.29, 0.717) is 17.8 Å². The summed E-state index contributed by atoms with van der Waals surface area (Å²) in [7, 11) is 1.78. The summed E-state index contributed by atoms with van der Waals surface area (Å²) < 4.78 is 17.5. The van der Waals surface area contributed by atoms with Gasteiger partial charge in [0.25, 0.3) is 0 Å². The smallest absolute Gasteiger partial charge is 0.411 e. The first-order valence-corrected chi connectivity index (χ1v) is 12.6. The van der Waals surface area contributed by atoms with E-state index in [0.717, 1.165) is 37.7 Å². The molecule has 1 amide bonds. The van der Waals surface area contributed by atoms with Crippen LogP contribution in [0.2, 0.25) is 0 Å². The normalized spacial score (nSPS) is 41.1. The van der Waals surface area contributed by atoms with Gasteiger partial charge in [-0.1, -0.05) is 31.4 Å². The Labute approximate surface area is 188 Å². The molecule has 0 spiro atoms. The highest BCUT2D eigenvalue weighted by molar-refractivity contribution is 5.69. The third-order valence-corrected chi connectivity index (χ3v) is 8.23. The van der Waals surface area contributed by atoms with Gasteiger partial charge in [0.15, 0.2) is 6.29 Å². The van der Waals surface area contributed by atoms with Crippen LogP contribution < -0.4 is 0 Å². The zero-order chi connectivity index (χ0) is 22.2. The van der Waals surface area contributed by atoms with Crippen molar-refractivity contribution in [3.63, 3.8) is 0 Å². The SMILES string of the molecule is COC1OCC2C(/C=C/[C@H]3CCC[C@H](C)N3C(=O)OC(C)(C)C)C3CCCCC3CC12. The molecule has 2 aliphatic heterocycles. The van der Waals surface area contributed by atoms with E-state index in [-0.39, 0.29) is 24.5 Å². The van der Waals surface area contributed by atoms with Crippen molar-refractivity contribution in [2.24, 2.45) is 29.6 Å². The summed E-state index contributed by atoms with van der Waals surface area (Å²) >= 11 is 0. The predicted molar refractivity (Wildman–Crippen MR) is 122 cm³/mol. The lowest BCUT2D eigenvalue weighted by Gasteiger charge is -2.47. The van der Waals surface area contributed by atoms with Crippen LogP contribution in [0.15, 0.2) is 12.2 Å². The van der Waals surface area contributed by atoms with Crippen molar-refractivity contribution >= 4 is 6.09 Å². The Kier molecular flexibility index (Phi) is 7.02. The van der Waals surface area contributed by atoms with E-state index in [4.69, 9.17) is 14.2 Å². The fourth-order valence-electron chi connectivity index (χ4n) is 6.87. The molecule has 5 heteroatoms. The number of rotatable bonds is 3. The highest BCUT2D eigenvalue weighted by Crippen LogP contribution is 2.53. The number of likely N-dealkylation sites (tertiary alicyclic amines) is 1. The maximum absolute atomic E-state index is 13.0. The first kappa shape index (κ1) is 23.1. The van der Waals surface area contributed by atoms with Gasteiger partial charge in [-0.05, 0) is 83.5 Å². The highest BCUT2D eigenvalue weighted by Gasteiger charge is 2.50. The van der Waals surface area contributed by atoms with Crippen molar-refractivity contribution in [2.75, 3.05) is 13.7 Å². The van der Waals surface area contributed by atoms with Crippen molar-refractivity contribution in [1.29, 1.82) is 0 Å². The standard InChI is InChI=1S/C26H43NO4/c1-17-9-8-11-19(27(17)25(28)31-26(2,3)4)13-14-21-20-12-7-6-10-18(20)15-22-23(21)16-30-24(22)29-5/h13-14,17-24H,6-12,15-16H2,1-5H3/b14-13+/t17-,18?,19+,20?,21?,22?,23?,24?/m0/s1. The molecular formula is C26H43NO4. The van der Waals surface area contributed by atoms with Crippen LogP contribution in [0.1, 0.15) is 79.1 Å². The Morgan fingerprint density at radius 2 is 1.77 bits per heavy atom. The van der Waals surface area contributed by atoms with Gasteiger partial charge in [-0.2, -0.15) is 0 Å². The second-order valence-electron chi connectivity index (χ2n) is 11.4. The van der Waals surface area contributed by atoms with Gasteiger partial charge in [-0.3, -0.25) is 4.90 Å². The molecule has 8 atom stereocenters. The molecule has 4 fully saturated rings. The Balaban J connectivity index is 1.54. The first-order valence-electron chi connectivity index (χ1n) is 12.6.